The quantitative estimate of drug-likeness (QED) is 0.103. The second kappa shape index (κ2) is 19.1. The molecule has 6 aliphatic rings. The molecule has 0 spiro atoms. The van der Waals surface area contributed by atoms with Crippen molar-refractivity contribution in [3.8, 4) is 0 Å². The summed E-state index contributed by atoms with van der Waals surface area (Å²) in [5, 5.41) is 6.70. The minimum absolute atomic E-state index is 0.0689. The molecule has 12 rings (SSSR count). The minimum Gasteiger partial charge on any atom is -0.355 e. The van der Waals surface area contributed by atoms with Gasteiger partial charge in [-0.25, -0.2) is 19.9 Å². The first-order chi connectivity index (χ1) is 36.1. The van der Waals surface area contributed by atoms with E-state index in [4.69, 9.17) is 19.9 Å². The molecule has 12 heterocycles. The Balaban J connectivity index is 1.17. The third-order valence-electron chi connectivity index (χ3n) is 16.8. The van der Waals surface area contributed by atoms with Crippen LogP contribution in [0.2, 0.25) is 0 Å². The Morgan fingerprint density at radius 1 is 0.387 bits per heavy atom. The number of hydrogen-bond donors (Lipinski definition) is 6. The number of nitrogens with zero attached hydrogens (tertiary/aromatic N) is 4. The van der Waals surface area contributed by atoms with Crippen LogP contribution in [0.15, 0.2) is 48.5 Å². The van der Waals surface area contributed by atoms with Gasteiger partial charge in [0, 0.05) is 62.8 Å². The molecular formula is C63H68N10O2. The molecule has 12 nitrogen and oxygen atoms in total. The highest BCUT2D eigenvalue weighted by Crippen LogP contribution is 2.39. The highest BCUT2D eigenvalue weighted by Gasteiger charge is 2.26. The predicted octanol–water partition coefficient (Wildman–Crippen LogP) is 13.3. The maximum Gasteiger partial charge on any atom is 0.224 e. The van der Waals surface area contributed by atoms with Gasteiger partial charge in [-0.3, -0.25) is 9.59 Å². The molecule has 20 bridgehead atoms. The van der Waals surface area contributed by atoms with Crippen molar-refractivity contribution < 1.29 is 9.59 Å². The first kappa shape index (κ1) is 49.4. The van der Waals surface area contributed by atoms with Crippen LogP contribution in [-0.4, -0.2) is 64.8 Å². The van der Waals surface area contributed by atoms with Crippen LogP contribution in [0.1, 0.15) is 165 Å². The van der Waals surface area contributed by atoms with Crippen LogP contribution < -0.4 is 10.6 Å². The summed E-state index contributed by atoms with van der Waals surface area (Å²) in [4.78, 5) is 65.4. The average molecular weight is 997 g/mol. The molecule has 6 aliphatic heterocycles. The van der Waals surface area contributed by atoms with E-state index in [-0.39, 0.29) is 31.2 Å². The summed E-state index contributed by atoms with van der Waals surface area (Å²) in [5.41, 5.74) is 31.5. The Bertz CT molecular complexity index is 3990. The van der Waals surface area contributed by atoms with E-state index in [2.05, 4.69) is 162 Å². The molecule has 0 saturated heterocycles. The molecular weight excluding hydrogens is 929 g/mol. The van der Waals surface area contributed by atoms with Gasteiger partial charge in [0.2, 0.25) is 11.8 Å². The molecule has 0 aromatic carbocycles. The van der Waals surface area contributed by atoms with Gasteiger partial charge in [-0.05, 0) is 220 Å². The molecule has 0 aliphatic carbocycles. The number of aromatic amines is 4. The molecule has 6 N–H and O–H groups in total. The van der Waals surface area contributed by atoms with Gasteiger partial charge in [0.1, 0.15) is 0 Å². The van der Waals surface area contributed by atoms with Crippen LogP contribution in [-0.2, 0) is 35.3 Å². The molecule has 2 amide bonds. The summed E-state index contributed by atoms with van der Waals surface area (Å²) < 4.78 is 0. The molecule has 6 aromatic rings. The smallest absolute Gasteiger partial charge is 0.224 e. The lowest BCUT2D eigenvalue weighted by molar-refractivity contribution is -0.120. The minimum atomic E-state index is -0.0950. The summed E-state index contributed by atoms with van der Waals surface area (Å²) in [6, 6.07) is 17.1. The first-order valence-electron chi connectivity index (χ1n) is 26.9. The second-order valence-electron chi connectivity index (χ2n) is 21.0. The summed E-state index contributed by atoms with van der Waals surface area (Å²) in [7, 11) is 0. The lowest BCUT2D eigenvalue weighted by atomic mass is 10.00. The zero-order valence-corrected chi connectivity index (χ0v) is 45.6. The number of carbonyl (C=O) groups excluding carboxylic acids is 2. The average Bonchev–Trinajstić information content (AvgIpc) is 4.25. The molecule has 0 fully saturated rings. The molecule has 382 valence electrons. The number of amides is 2. The number of carbonyl (C=O) groups is 2. The van der Waals surface area contributed by atoms with Gasteiger partial charge in [-0.15, -0.1) is 0 Å². The molecule has 0 unspecified atom stereocenters. The van der Waals surface area contributed by atoms with E-state index in [9.17, 15) is 9.59 Å². The van der Waals surface area contributed by atoms with Gasteiger partial charge >= 0.3 is 0 Å². The number of allylic oxidation sites excluding steroid dienone is 6. The topological polar surface area (TPSA) is 173 Å². The maximum atomic E-state index is 14.7. The molecule has 6 aromatic heterocycles. The van der Waals surface area contributed by atoms with Crippen molar-refractivity contribution >= 4 is 101 Å². The van der Waals surface area contributed by atoms with E-state index in [1.807, 2.05) is 0 Å². The van der Waals surface area contributed by atoms with Gasteiger partial charge in [-0.1, -0.05) is 27.7 Å². The summed E-state index contributed by atoms with van der Waals surface area (Å²) in [6.07, 6.45) is 4.13. The van der Waals surface area contributed by atoms with Gasteiger partial charge in [0.25, 0.3) is 0 Å². The van der Waals surface area contributed by atoms with E-state index in [1.165, 1.54) is 22.3 Å². The van der Waals surface area contributed by atoms with E-state index < -0.39 is 0 Å². The second-order valence-corrected chi connectivity index (χ2v) is 21.0. The number of aryl methyl sites for hydroxylation is 6. The Hall–Kier alpha value is -7.86. The van der Waals surface area contributed by atoms with Crippen molar-refractivity contribution in [2.45, 2.75) is 128 Å². The van der Waals surface area contributed by atoms with Crippen LogP contribution in [0.25, 0.3) is 88.7 Å². The molecule has 0 radical (unpaired) electrons. The largest absolute Gasteiger partial charge is 0.355 e. The number of nitrogens with one attached hydrogen (secondary N) is 6. The van der Waals surface area contributed by atoms with Crippen LogP contribution in [0.3, 0.4) is 0 Å². The van der Waals surface area contributed by atoms with E-state index in [1.54, 1.807) is 0 Å². The summed E-state index contributed by atoms with van der Waals surface area (Å²) in [6.45, 7) is 26.5. The molecule has 0 saturated carbocycles. The van der Waals surface area contributed by atoms with Crippen molar-refractivity contribution in [1.29, 1.82) is 0 Å². The predicted molar refractivity (Wildman–Crippen MR) is 308 cm³/mol. The van der Waals surface area contributed by atoms with Gasteiger partial charge in [0.15, 0.2) is 0 Å². The lowest BCUT2D eigenvalue weighted by Crippen LogP contribution is -2.27. The Morgan fingerprint density at radius 2 is 0.800 bits per heavy atom. The van der Waals surface area contributed by atoms with E-state index >= 15 is 0 Å². The fourth-order valence-corrected chi connectivity index (χ4v) is 12.2. The van der Waals surface area contributed by atoms with Crippen molar-refractivity contribution in [3.63, 3.8) is 0 Å². The fraction of sp³-hybridized carbons (Fsp3) is 0.333. The number of aromatic nitrogens is 8. The highest BCUT2D eigenvalue weighted by atomic mass is 16.2. The van der Waals surface area contributed by atoms with Crippen molar-refractivity contribution in [1.82, 2.24) is 50.5 Å². The summed E-state index contributed by atoms with van der Waals surface area (Å²) >= 11 is 0. The Kier molecular flexibility index (Phi) is 12.6. The van der Waals surface area contributed by atoms with Crippen LogP contribution >= 0.6 is 0 Å². The normalized spacial score (nSPS) is 15.5. The molecule has 0 atom stereocenters. The lowest BCUT2D eigenvalue weighted by Gasteiger charge is -2.09. The van der Waals surface area contributed by atoms with Crippen molar-refractivity contribution in [2.75, 3.05) is 13.1 Å². The maximum absolute atomic E-state index is 14.7. The standard InChI is InChI=1S/C63H68N10O2/c1-13-38-30(5)46-25-58-42-17-18-64-62(74)19-43-35(10)51-22-55-40(15-3)32(7)48(68-55)27-60-44(36(11)52(72-60)23-56-39(14-2)31(6)47(67-56)26-59(43)71-51)20-63(75)65-29-45-37(12)53(24-57(38)66-46)73-61(45)28-49-33(8)41(16-4)54(69-49)21-50(70-58)34(42)9/h21-28,66,68,70,72H,13-20,29H2,1-12H3,(H,64,74)(H,65,75). The molecule has 75 heavy (non-hydrogen) atoms. The number of hydrogen-bond acceptors (Lipinski definition) is 6. The van der Waals surface area contributed by atoms with Crippen LogP contribution in [0, 0.1) is 27.7 Å². The van der Waals surface area contributed by atoms with E-state index in [0.717, 1.165) is 182 Å². The van der Waals surface area contributed by atoms with Gasteiger partial charge < -0.3 is 30.6 Å². The SMILES string of the molecule is CCC1=C(C)c2cc3nc4cc5[nH]c(cc6[nH]c(cc1n2)c(C)c6CCNC(=O)CC1=C(C)c2cc6[nH]c(cc7[nH]c(cc8nc(cc1n2)C(C)=C8CC)c(C)c7CC(=O)NCC3=C4C)c(C)c6CC)c(C)c5CC. The third kappa shape index (κ3) is 8.48. The van der Waals surface area contributed by atoms with Crippen molar-refractivity contribution in [2.24, 2.45) is 0 Å². The Morgan fingerprint density at radius 3 is 1.32 bits per heavy atom. The van der Waals surface area contributed by atoms with Gasteiger partial charge in [-0.2, -0.15) is 0 Å². The van der Waals surface area contributed by atoms with Crippen molar-refractivity contribution in [3.05, 3.63) is 139 Å². The summed E-state index contributed by atoms with van der Waals surface area (Å²) in [5.74, 6) is -0.164. The Labute approximate surface area is 438 Å². The van der Waals surface area contributed by atoms with Gasteiger partial charge in [0.05, 0.1) is 58.4 Å². The van der Waals surface area contributed by atoms with E-state index in [0.29, 0.717) is 13.0 Å². The van der Waals surface area contributed by atoms with Crippen LogP contribution in [0.4, 0.5) is 0 Å². The number of rotatable bonds is 4. The monoisotopic (exact) mass is 997 g/mol. The number of fused-ring (bicyclic) bond motifs is 7. The number of H-pyrrole nitrogens is 4. The highest BCUT2D eigenvalue weighted by molar-refractivity contribution is 6.02. The zero-order chi connectivity index (χ0) is 52.7. The zero-order valence-electron chi connectivity index (χ0n) is 45.6. The fourth-order valence-electron chi connectivity index (χ4n) is 12.2. The van der Waals surface area contributed by atoms with Crippen LogP contribution in [0.5, 0.6) is 0 Å². The molecule has 12 heteroatoms. The third-order valence-corrected chi connectivity index (χ3v) is 16.8. The first-order valence-corrected chi connectivity index (χ1v) is 26.9.